The average molecular weight is 271 g/mol. The summed E-state index contributed by atoms with van der Waals surface area (Å²) in [5, 5.41) is 7.03. The van der Waals surface area contributed by atoms with Gasteiger partial charge in [0.1, 0.15) is 6.04 Å². The molecule has 1 heterocycles. The van der Waals surface area contributed by atoms with Crippen LogP contribution in [0.1, 0.15) is 31.4 Å². The van der Waals surface area contributed by atoms with Gasteiger partial charge in [0.05, 0.1) is 0 Å². The van der Waals surface area contributed by atoms with Crippen molar-refractivity contribution in [2.45, 2.75) is 32.2 Å². The van der Waals surface area contributed by atoms with E-state index in [0.29, 0.717) is 0 Å². The van der Waals surface area contributed by atoms with Crippen molar-refractivity contribution in [1.82, 2.24) is 15.1 Å². The number of nitrogens with one attached hydrogen (secondary N) is 1. The van der Waals surface area contributed by atoms with E-state index in [1.165, 1.54) is 5.56 Å². The smallest absolute Gasteiger partial charge is 0.244 e. The zero-order valence-corrected chi connectivity index (χ0v) is 11.8. The Balaban J connectivity index is 1.62. The first kappa shape index (κ1) is 14.3. The third-order valence-corrected chi connectivity index (χ3v) is 3.34. The van der Waals surface area contributed by atoms with Crippen molar-refractivity contribution in [3.8, 4) is 0 Å². The van der Waals surface area contributed by atoms with Crippen molar-refractivity contribution in [1.29, 1.82) is 0 Å². The lowest BCUT2D eigenvalue weighted by Gasteiger charge is -2.12. The van der Waals surface area contributed by atoms with Gasteiger partial charge in [-0.2, -0.15) is 5.10 Å². The Labute approximate surface area is 119 Å². The quantitative estimate of drug-likeness (QED) is 0.787. The zero-order chi connectivity index (χ0) is 14.2. The highest BCUT2D eigenvalue weighted by Crippen LogP contribution is 2.05. The Morgan fingerprint density at radius 2 is 2.05 bits per heavy atom. The summed E-state index contributed by atoms with van der Waals surface area (Å²) in [7, 11) is 0. The van der Waals surface area contributed by atoms with E-state index in [2.05, 4.69) is 34.7 Å². The van der Waals surface area contributed by atoms with Crippen molar-refractivity contribution < 1.29 is 4.79 Å². The molecular weight excluding hydrogens is 250 g/mol. The van der Waals surface area contributed by atoms with Gasteiger partial charge in [-0.05, 0) is 37.8 Å². The lowest BCUT2D eigenvalue weighted by atomic mass is 10.1. The molecule has 1 aromatic heterocycles. The first-order valence-corrected chi connectivity index (χ1v) is 7.08. The van der Waals surface area contributed by atoms with E-state index in [4.69, 9.17) is 0 Å². The molecule has 0 aliphatic rings. The van der Waals surface area contributed by atoms with Gasteiger partial charge in [0, 0.05) is 18.9 Å². The van der Waals surface area contributed by atoms with Gasteiger partial charge in [0.2, 0.25) is 5.91 Å². The van der Waals surface area contributed by atoms with Crippen LogP contribution in [-0.2, 0) is 11.2 Å². The van der Waals surface area contributed by atoms with Gasteiger partial charge in [-0.25, -0.2) is 0 Å². The van der Waals surface area contributed by atoms with Gasteiger partial charge in [-0.1, -0.05) is 30.3 Å². The Morgan fingerprint density at radius 1 is 1.25 bits per heavy atom. The molecule has 0 aliphatic carbocycles. The van der Waals surface area contributed by atoms with Gasteiger partial charge in [-0.15, -0.1) is 0 Å². The Bertz CT molecular complexity index is 508. The van der Waals surface area contributed by atoms with Crippen LogP contribution >= 0.6 is 0 Å². The molecule has 0 saturated carbocycles. The molecule has 0 fully saturated rings. The van der Waals surface area contributed by atoms with Crippen molar-refractivity contribution in [2.75, 3.05) is 6.54 Å². The topological polar surface area (TPSA) is 46.9 Å². The fourth-order valence-electron chi connectivity index (χ4n) is 2.09. The van der Waals surface area contributed by atoms with Gasteiger partial charge >= 0.3 is 0 Å². The van der Waals surface area contributed by atoms with Crippen LogP contribution in [0.15, 0.2) is 48.8 Å². The van der Waals surface area contributed by atoms with E-state index in [0.717, 1.165) is 25.8 Å². The van der Waals surface area contributed by atoms with E-state index in [9.17, 15) is 4.79 Å². The van der Waals surface area contributed by atoms with E-state index in [1.807, 2.05) is 19.1 Å². The summed E-state index contributed by atoms with van der Waals surface area (Å²) in [6.45, 7) is 2.57. The molecule has 1 amide bonds. The SMILES string of the molecule is C[C@H](C(=O)NCCCCc1ccccc1)n1cccn1. The molecule has 1 aromatic carbocycles. The molecule has 0 aliphatic heterocycles. The number of nitrogens with zero attached hydrogens (tertiary/aromatic N) is 2. The lowest BCUT2D eigenvalue weighted by molar-refractivity contribution is -0.124. The first-order chi connectivity index (χ1) is 9.77. The normalized spacial score (nSPS) is 12.1. The summed E-state index contributed by atoms with van der Waals surface area (Å²) in [4.78, 5) is 11.9. The summed E-state index contributed by atoms with van der Waals surface area (Å²) in [6, 6.07) is 12.0. The third-order valence-electron chi connectivity index (χ3n) is 3.34. The molecule has 1 atom stereocenters. The van der Waals surface area contributed by atoms with E-state index in [1.54, 1.807) is 17.1 Å². The fourth-order valence-corrected chi connectivity index (χ4v) is 2.09. The zero-order valence-electron chi connectivity index (χ0n) is 11.8. The summed E-state index contributed by atoms with van der Waals surface area (Å²) in [5.74, 6) is 0.0217. The molecule has 20 heavy (non-hydrogen) atoms. The number of carbonyl (C=O) groups excluding carboxylic acids is 1. The van der Waals surface area contributed by atoms with Gasteiger partial charge in [0.15, 0.2) is 0 Å². The maximum Gasteiger partial charge on any atom is 0.244 e. The second-order valence-electron chi connectivity index (χ2n) is 4.90. The van der Waals surface area contributed by atoms with Gasteiger partial charge in [-0.3, -0.25) is 9.48 Å². The average Bonchev–Trinajstić information content (AvgIpc) is 3.01. The minimum atomic E-state index is -0.251. The Morgan fingerprint density at radius 3 is 2.75 bits per heavy atom. The summed E-state index contributed by atoms with van der Waals surface area (Å²) in [5.41, 5.74) is 1.35. The highest BCUT2D eigenvalue weighted by molar-refractivity contribution is 5.79. The Hall–Kier alpha value is -2.10. The lowest BCUT2D eigenvalue weighted by Crippen LogP contribution is -2.31. The van der Waals surface area contributed by atoms with Crippen molar-refractivity contribution >= 4 is 5.91 Å². The van der Waals surface area contributed by atoms with Crippen LogP contribution in [-0.4, -0.2) is 22.2 Å². The largest absolute Gasteiger partial charge is 0.354 e. The molecule has 0 bridgehead atoms. The predicted molar refractivity (Wildman–Crippen MR) is 79.3 cm³/mol. The van der Waals surface area contributed by atoms with Gasteiger partial charge < -0.3 is 5.32 Å². The molecule has 0 spiro atoms. The maximum absolute atomic E-state index is 11.9. The monoisotopic (exact) mass is 271 g/mol. The van der Waals surface area contributed by atoms with Crippen LogP contribution in [0.2, 0.25) is 0 Å². The molecule has 2 rings (SSSR count). The van der Waals surface area contributed by atoms with Gasteiger partial charge in [0.25, 0.3) is 0 Å². The van der Waals surface area contributed by atoms with E-state index >= 15 is 0 Å². The van der Waals surface area contributed by atoms with Crippen LogP contribution in [0.5, 0.6) is 0 Å². The molecule has 0 saturated heterocycles. The third kappa shape index (κ3) is 4.23. The number of carbonyl (C=O) groups is 1. The van der Waals surface area contributed by atoms with Crippen molar-refractivity contribution in [2.24, 2.45) is 0 Å². The fraction of sp³-hybridized carbons (Fsp3) is 0.375. The van der Waals surface area contributed by atoms with E-state index < -0.39 is 0 Å². The summed E-state index contributed by atoms with van der Waals surface area (Å²) >= 11 is 0. The highest BCUT2D eigenvalue weighted by atomic mass is 16.2. The number of benzene rings is 1. The molecule has 4 nitrogen and oxygen atoms in total. The van der Waals surface area contributed by atoms with Crippen molar-refractivity contribution in [3.05, 3.63) is 54.4 Å². The summed E-state index contributed by atoms with van der Waals surface area (Å²) < 4.78 is 1.67. The molecule has 2 aromatic rings. The molecule has 0 radical (unpaired) electrons. The molecule has 1 N–H and O–H groups in total. The number of amides is 1. The van der Waals surface area contributed by atoms with E-state index in [-0.39, 0.29) is 11.9 Å². The molecular formula is C16H21N3O. The maximum atomic E-state index is 11.9. The number of aromatic nitrogens is 2. The number of hydrogen-bond donors (Lipinski definition) is 1. The molecule has 106 valence electrons. The van der Waals surface area contributed by atoms with Crippen LogP contribution in [0.4, 0.5) is 0 Å². The minimum absolute atomic E-state index is 0.0217. The predicted octanol–water partition coefficient (Wildman–Crippen LogP) is 2.58. The highest BCUT2D eigenvalue weighted by Gasteiger charge is 2.13. The van der Waals surface area contributed by atoms with Crippen LogP contribution in [0.3, 0.4) is 0 Å². The Kier molecular flexibility index (Phi) is 5.35. The second kappa shape index (κ2) is 7.48. The summed E-state index contributed by atoms with van der Waals surface area (Å²) in [6.07, 6.45) is 6.63. The first-order valence-electron chi connectivity index (χ1n) is 7.08. The standard InChI is InChI=1S/C16H21N3O/c1-14(19-13-7-12-18-19)16(20)17-11-6-5-10-15-8-3-2-4-9-15/h2-4,7-9,12-14H,5-6,10-11H2,1H3,(H,17,20)/t14-/m1/s1. The molecule has 4 heteroatoms. The number of hydrogen-bond acceptors (Lipinski definition) is 2. The van der Waals surface area contributed by atoms with Crippen molar-refractivity contribution in [3.63, 3.8) is 0 Å². The number of rotatable bonds is 7. The second-order valence-corrected chi connectivity index (χ2v) is 4.90. The number of unbranched alkanes of at least 4 members (excludes halogenated alkanes) is 1. The number of aryl methyl sites for hydroxylation is 1. The van der Waals surface area contributed by atoms with Crippen LogP contribution in [0.25, 0.3) is 0 Å². The minimum Gasteiger partial charge on any atom is -0.354 e. The van der Waals surface area contributed by atoms with Crippen LogP contribution in [0, 0.1) is 0 Å². The molecule has 0 unspecified atom stereocenters. The van der Waals surface area contributed by atoms with Crippen LogP contribution < -0.4 is 5.32 Å².